The van der Waals surface area contributed by atoms with E-state index in [0.717, 1.165) is 16.8 Å². The average molecular weight is 436 g/mol. The van der Waals surface area contributed by atoms with Crippen LogP contribution in [-0.2, 0) is 37.2 Å². The number of ether oxygens (including phenoxy) is 1. The highest BCUT2D eigenvalue weighted by Crippen LogP contribution is 2.58. The molecule has 16 heteroatoms. The van der Waals surface area contributed by atoms with Gasteiger partial charge in [0.1, 0.15) is 18.3 Å². The van der Waals surface area contributed by atoms with E-state index in [2.05, 4.69) is 27.9 Å². The molecule has 2 rings (SSSR count). The van der Waals surface area contributed by atoms with Crippen LogP contribution in [0, 0.1) is 0 Å². The number of H-pyrrole nitrogens is 1. The van der Waals surface area contributed by atoms with Crippen LogP contribution < -0.4 is 11.2 Å². The Morgan fingerprint density at radius 3 is 2.44 bits per heavy atom. The van der Waals surface area contributed by atoms with Gasteiger partial charge in [0.25, 0.3) is 5.56 Å². The van der Waals surface area contributed by atoms with Crippen molar-refractivity contribution in [2.24, 2.45) is 0 Å². The minimum Gasteiger partial charge on any atom is -0.387 e. The molecule has 1 aliphatic heterocycles. The quantitative estimate of drug-likeness (QED) is 0.261. The maximum absolute atomic E-state index is 11.7. The molecule has 12 nitrogen and oxygen atoms in total. The van der Waals surface area contributed by atoms with Crippen molar-refractivity contribution in [3.63, 3.8) is 0 Å². The summed E-state index contributed by atoms with van der Waals surface area (Å²) in [6.45, 7) is -9.01. The zero-order chi connectivity index (χ0) is 19.0. The lowest BCUT2D eigenvalue weighted by molar-refractivity contribution is -0.0526. The normalized spacial score (nSPS) is 29.5. The molecule has 5 atom stereocenters. The minimum atomic E-state index is -4.28. The van der Waals surface area contributed by atoms with Gasteiger partial charge in [-0.2, -0.15) is 0 Å². The smallest absolute Gasteiger partial charge is 0.331 e. The number of nitrogens with one attached hydrogen (secondary N) is 1. The van der Waals surface area contributed by atoms with E-state index in [1.165, 1.54) is 0 Å². The van der Waals surface area contributed by atoms with E-state index < -0.39 is 55.8 Å². The second-order valence-corrected chi connectivity index (χ2v) is 10.5. The topological polar surface area (TPSA) is 184 Å². The molecular weight excluding hydrogens is 422 g/mol. The second-order valence-electron chi connectivity index (χ2n) is 4.90. The highest BCUT2D eigenvalue weighted by atomic mass is 32.5. The van der Waals surface area contributed by atoms with Gasteiger partial charge in [0.2, 0.25) is 0 Å². The summed E-state index contributed by atoms with van der Waals surface area (Å²) in [4.78, 5) is 52.3. The summed E-state index contributed by atoms with van der Waals surface area (Å²) in [5.41, 5.74) is -1.53. The van der Waals surface area contributed by atoms with Crippen LogP contribution in [0.5, 0.6) is 0 Å². The molecule has 0 aromatic carbocycles. The van der Waals surface area contributed by atoms with E-state index in [9.17, 15) is 24.7 Å². The number of aromatic amines is 1. The molecule has 25 heavy (non-hydrogen) atoms. The Balaban J connectivity index is 2.09. The summed E-state index contributed by atoms with van der Waals surface area (Å²) in [5.74, 6) is 0. The van der Waals surface area contributed by atoms with Crippen molar-refractivity contribution < 1.29 is 38.5 Å². The molecule has 0 saturated carbocycles. The lowest BCUT2D eigenvalue weighted by atomic mass is 10.1. The number of aliphatic hydroxyl groups is 2. The van der Waals surface area contributed by atoms with E-state index in [1.54, 1.807) is 0 Å². The Labute approximate surface area is 149 Å². The van der Waals surface area contributed by atoms with Crippen molar-refractivity contribution >= 4 is 37.1 Å². The zero-order valence-corrected chi connectivity index (χ0v) is 15.5. The van der Waals surface area contributed by atoms with E-state index in [0.29, 0.717) is 0 Å². The molecule has 1 aliphatic rings. The lowest BCUT2D eigenvalue weighted by Gasteiger charge is -2.21. The van der Waals surface area contributed by atoms with Crippen molar-refractivity contribution in [3.8, 4) is 0 Å². The van der Waals surface area contributed by atoms with Gasteiger partial charge >= 0.3 is 19.1 Å². The zero-order valence-electron chi connectivity index (χ0n) is 12.1. The van der Waals surface area contributed by atoms with Crippen LogP contribution in [-0.4, -0.2) is 59.4 Å². The summed E-state index contributed by atoms with van der Waals surface area (Å²) in [5, 5.41) is 20.0. The van der Waals surface area contributed by atoms with Crippen molar-refractivity contribution in [2.45, 2.75) is 24.5 Å². The molecule has 1 saturated heterocycles. The van der Waals surface area contributed by atoms with Gasteiger partial charge in [0.15, 0.2) is 6.23 Å². The largest absolute Gasteiger partial charge is 0.387 e. The van der Waals surface area contributed by atoms with Gasteiger partial charge in [-0.15, -0.1) is 0 Å². The van der Waals surface area contributed by atoms with Crippen LogP contribution in [0.1, 0.15) is 6.23 Å². The molecule has 1 fully saturated rings. The maximum atomic E-state index is 11.7. The van der Waals surface area contributed by atoms with E-state index >= 15 is 0 Å². The second kappa shape index (κ2) is 7.72. The number of aromatic nitrogens is 2. The predicted molar refractivity (Wildman–Crippen MR) is 89.5 cm³/mol. The van der Waals surface area contributed by atoms with Gasteiger partial charge in [-0.1, -0.05) is 0 Å². The third kappa shape index (κ3) is 5.57. The maximum Gasteiger partial charge on any atom is 0.331 e. The summed E-state index contributed by atoms with van der Waals surface area (Å²) >= 11 is 8.69. The summed E-state index contributed by atoms with van der Waals surface area (Å²) in [6, 6.07) is 1.02. The first-order valence-electron chi connectivity index (χ1n) is 6.47. The molecule has 142 valence electrons. The van der Waals surface area contributed by atoms with Crippen LogP contribution in [0.15, 0.2) is 21.9 Å². The van der Waals surface area contributed by atoms with E-state index in [-0.39, 0.29) is 0 Å². The fourth-order valence-corrected chi connectivity index (χ4v) is 5.86. The van der Waals surface area contributed by atoms with Gasteiger partial charge in [0.05, 0.1) is 6.61 Å². The number of hydrogen-bond acceptors (Lipinski definition) is 9. The Morgan fingerprint density at radius 2 is 1.88 bits per heavy atom. The van der Waals surface area contributed by atoms with Crippen LogP contribution in [0.2, 0.25) is 0 Å². The Morgan fingerprint density at radius 1 is 1.24 bits per heavy atom. The monoisotopic (exact) mass is 436 g/mol. The van der Waals surface area contributed by atoms with Crippen molar-refractivity contribution in [1.29, 1.82) is 0 Å². The third-order valence-corrected chi connectivity index (χ3v) is 6.74. The molecule has 1 aromatic heterocycles. The van der Waals surface area contributed by atoms with Crippen LogP contribution in [0.4, 0.5) is 0 Å². The molecule has 0 amide bonds. The first-order chi connectivity index (χ1) is 11.4. The molecule has 2 heterocycles. The van der Waals surface area contributed by atoms with Crippen molar-refractivity contribution in [2.75, 3.05) is 6.61 Å². The molecule has 0 radical (unpaired) electrons. The molecule has 1 aromatic rings. The highest BCUT2D eigenvalue weighted by Gasteiger charge is 2.45. The van der Waals surface area contributed by atoms with Crippen LogP contribution >= 0.6 is 13.4 Å². The van der Waals surface area contributed by atoms with Crippen molar-refractivity contribution in [1.82, 2.24) is 9.55 Å². The SMILES string of the molecule is O=c1ccn([C@@H]2O[C@H](COP(O)(=S)OP(O)(O)=S)[C@@H](O)[C@H]2O)c(=O)[nH]1. The lowest BCUT2D eigenvalue weighted by Crippen LogP contribution is -2.37. The predicted octanol–water partition coefficient (Wildman–Crippen LogP) is -2.39. The van der Waals surface area contributed by atoms with Gasteiger partial charge in [-0.3, -0.25) is 14.3 Å². The number of hydrogen-bond donors (Lipinski definition) is 6. The van der Waals surface area contributed by atoms with E-state index in [1.807, 2.05) is 4.98 Å². The Kier molecular flexibility index (Phi) is 6.48. The first kappa shape index (κ1) is 21.0. The Hall–Kier alpha value is -0.340. The summed E-state index contributed by atoms with van der Waals surface area (Å²) in [6.07, 6.45) is -4.61. The van der Waals surface area contributed by atoms with Gasteiger partial charge in [-0.05, 0) is 23.6 Å². The number of nitrogens with zero attached hydrogens (tertiary/aromatic N) is 1. The van der Waals surface area contributed by atoms with Gasteiger partial charge in [0, 0.05) is 12.3 Å². The van der Waals surface area contributed by atoms with Crippen LogP contribution in [0.25, 0.3) is 0 Å². The van der Waals surface area contributed by atoms with Crippen LogP contribution in [0.3, 0.4) is 0 Å². The standard InChI is InChI=1S/C9H14N2O10P2S2/c12-5-1-2-11(9(15)10-5)8-7(14)6(13)4(20-8)3-19-23(18,25)21-22(16,17)24/h1-2,4,6-8,13-14H,3H2,(H,18,25)(H,10,12,15)(H2,16,17,24)/t4-,6-,7-,8-,23?/m1/s1. The van der Waals surface area contributed by atoms with Gasteiger partial charge in [-0.25, -0.2) is 9.11 Å². The molecule has 0 aliphatic carbocycles. The van der Waals surface area contributed by atoms with Crippen molar-refractivity contribution in [3.05, 3.63) is 33.1 Å². The summed E-state index contributed by atoms with van der Waals surface area (Å²) in [7, 11) is 0. The minimum absolute atomic E-state index is 0.601. The number of rotatable bonds is 6. The van der Waals surface area contributed by atoms with E-state index in [4.69, 9.17) is 19.0 Å². The Bertz CT molecular complexity index is 836. The average Bonchev–Trinajstić information content (AvgIpc) is 2.71. The molecule has 0 spiro atoms. The highest BCUT2D eigenvalue weighted by molar-refractivity contribution is 8.14. The summed E-state index contributed by atoms with van der Waals surface area (Å²) < 4.78 is 15.2. The molecule has 1 unspecified atom stereocenters. The fourth-order valence-electron chi connectivity index (χ4n) is 2.05. The van der Waals surface area contributed by atoms with Gasteiger partial charge < -0.3 is 34.2 Å². The third-order valence-electron chi connectivity index (χ3n) is 3.07. The fraction of sp³-hybridized carbons (Fsp3) is 0.556. The number of aliphatic hydroxyl groups excluding tert-OH is 2. The molecule has 0 bridgehead atoms. The molecule has 6 N–H and O–H groups in total. The first-order valence-corrected chi connectivity index (χ1v) is 11.7. The molecular formula is C9H14N2O10P2S2.